The summed E-state index contributed by atoms with van der Waals surface area (Å²) in [6.07, 6.45) is 2.65. The van der Waals surface area contributed by atoms with E-state index in [0.717, 1.165) is 22.3 Å². The van der Waals surface area contributed by atoms with Crippen molar-refractivity contribution < 1.29 is 13.9 Å². The summed E-state index contributed by atoms with van der Waals surface area (Å²) in [5, 5.41) is 0. The van der Waals surface area contributed by atoms with Gasteiger partial charge in [0.2, 0.25) is 0 Å². The molecule has 0 aliphatic heterocycles. The van der Waals surface area contributed by atoms with E-state index in [1.165, 1.54) is 18.2 Å². The lowest BCUT2D eigenvalue weighted by Gasteiger charge is -2.05. The minimum Gasteiger partial charge on any atom is -0.423 e. The molecular weight excluding hydrogens is 327 g/mol. The molecule has 0 aliphatic rings. The van der Waals surface area contributed by atoms with Crippen LogP contribution < -0.4 is 4.74 Å². The maximum atomic E-state index is 14.3. The van der Waals surface area contributed by atoms with Gasteiger partial charge in [0.25, 0.3) is 0 Å². The minimum atomic E-state index is -0.545. The number of ether oxygens (including phenoxy) is 1. The maximum Gasteiger partial charge on any atom is 0.336 e. The lowest BCUT2D eigenvalue weighted by atomic mass is 10.0. The molecule has 0 radical (unpaired) electrons. The van der Waals surface area contributed by atoms with Crippen LogP contribution in [0.1, 0.15) is 16.7 Å². The van der Waals surface area contributed by atoms with Gasteiger partial charge < -0.3 is 4.74 Å². The minimum absolute atomic E-state index is 0.335. The van der Waals surface area contributed by atoms with Crippen LogP contribution in [0.4, 0.5) is 4.39 Å². The van der Waals surface area contributed by atoms with E-state index >= 15 is 0 Å². The molecule has 0 bridgehead atoms. The van der Waals surface area contributed by atoms with Crippen LogP contribution in [-0.4, -0.2) is 5.97 Å². The first-order chi connectivity index (χ1) is 12.5. The third-order valence-corrected chi connectivity index (χ3v) is 4.02. The summed E-state index contributed by atoms with van der Waals surface area (Å²) in [5.41, 5.74) is 4.31. The Kier molecular flexibility index (Phi) is 5.28. The van der Waals surface area contributed by atoms with Gasteiger partial charge in [-0.25, -0.2) is 9.18 Å². The predicted molar refractivity (Wildman–Crippen MR) is 102 cm³/mol. The lowest BCUT2D eigenvalue weighted by Crippen LogP contribution is -2.03. The van der Waals surface area contributed by atoms with Crippen LogP contribution in [-0.2, 0) is 4.79 Å². The molecule has 0 aromatic heterocycles. The number of benzene rings is 3. The average molecular weight is 346 g/mol. The number of halogens is 1. The molecule has 2 nitrogen and oxygen atoms in total. The number of carbonyl (C=O) groups is 1. The van der Waals surface area contributed by atoms with Crippen molar-refractivity contribution in [3.05, 3.63) is 95.3 Å². The summed E-state index contributed by atoms with van der Waals surface area (Å²) >= 11 is 0. The summed E-state index contributed by atoms with van der Waals surface area (Å²) < 4.78 is 19.5. The van der Waals surface area contributed by atoms with Gasteiger partial charge in [-0.1, -0.05) is 59.7 Å². The van der Waals surface area contributed by atoms with E-state index in [-0.39, 0.29) is 5.82 Å². The molecule has 3 aromatic carbocycles. The molecule has 0 spiro atoms. The second-order valence-electron chi connectivity index (χ2n) is 6.17. The zero-order chi connectivity index (χ0) is 18.5. The molecular formula is C23H19FO2. The van der Waals surface area contributed by atoms with E-state index in [9.17, 15) is 9.18 Å². The van der Waals surface area contributed by atoms with Crippen LogP contribution in [0.3, 0.4) is 0 Å². The van der Waals surface area contributed by atoms with Gasteiger partial charge in [-0.2, -0.15) is 0 Å². The zero-order valence-electron chi connectivity index (χ0n) is 14.7. The van der Waals surface area contributed by atoms with Crippen LogP contribution in [0.2, 0.25) is 0 Å². The normalized spacial score (nSPS) is 10.9. The first-order valence-corrected chi connectivity index (χ1v) is 8.34. The molecule has 0 aliphatic carbocycles. The van der Waals surface area contributed by atoms with Crippen LogP contribution in [0.5, 0.6) is 5.75 Å². The van der Waals surface area contributed by atoms with Gasteiger partial charge in [-0.15, -0.1) is 0 Å². The maximum absolute atomic E-state index is 14.3. The van der Waals surface area contributed by atoms with Crippen molar-refractivity contribution in [2.24, 2.45) is 0 Å². The average Bonchev–Trinajstić information content (AvgIpc) is 2.63. The van der Waals surface area contributed by atoms with Gasteiger partial charge in [0.05, 0.1) is 0 Å². The Bertz CT molecular complexity index is 939. The van der Waals surface area contributed by atoms with E-state index in [1.807, 2.05) is 56.3 Å². The number of rotatable bonds is 4. The molecule has 3 aromatic rings. The van der Waals surface area contributed by atoms with E-state index < -0.39 is 5.97 Å². The zero-order valence-corrected chi connectivity index (χ0v) is 14.7. The second kappa shape index (κ2) is 7.79. The predicted octanol–water partition coefficient (Wildman–Crippen LogP) is 5.73. The first-order valence-electron chi connectivity index (χ1n) is 8.34. The first kappa shape index (κ1) is 17.6. The number of esters is 1. The van der Waals surface area contributed by atoms with Crippen LogP contribution >= 0.6 is 0 Å². The van der Waals surface area contributed by atoms with Crippen molar-refractivity contribution in [2.75, 3.05) is 0 Å². The Morgan fingerprint density at radius 1 is 0.846 bits per heavy atom. The van der Waals surface area contributed by atoms with Gasteiger partial charge >= 0.3 is 5.97 Å². The summed E-state index contributed by atoms with van der Waals surface area (Å²) in [7, 11) is 0. The fourth-order valence-electron chi connectivity index (χ4n) is 2.50. The molecule has 0 amide bonds. The quantitative estimate of drug-likeness (QED) is 0.343. The Hall–Kier alpha value is -3.20. The highest BCUT2D eigenvalue weighted by molar-refractivity contribution is 5.88. The molecule has 0 heterocycles. The van der Waals surface area contributed by atoms with Crippen LogP contribution in [0.25, 0.3) is 17.2 Å². The number of hydrogen-bond donors (Lipinski definition) is 0. The Labute approximate surface area is 152 Å². The lowest BCUT2D eigenvalue weighted by molar-refractivity contribution is -0.128. The van der Waals surface area contributed by atoms with E-state index in [0.29, 0.717) is 11.3 Å². The van der Waals surface area contributed by atoms with Gasteiger partial charge in [0.15, 0.2) is 0 Å². The molecule has 0 N–H and O–H groups in total. The standard InChI is InChI=1S/C23H19FO2/c1-16-3-7-18(8-4-16)20-10-9-19(22(24)15-20)11-14-23(25)26-21-12-5-17(2)6-13-21/h3-15H,1-2H3/b14-11+. The van der Waals surface area contributed by atoms with E-state index in [4.69, 9.17) is 4.74 Å². The monoisotopic (exact) mass is 346 g/mol. The molecule has 0 unspecified atom stereocenters. The second-order valence-corrected chi connectivity index (χ2v) is 6.17. The van der Waals surface area contributed by atoms with E-state index in [2.05, 4.69) is 0 Å². The molecule has 0 saturated carbocycles. The van der Waals surface area contributed by atoms with Gasteiger partial charge in [0.1, 0.15) is 11.6 Å². The fourth-order valence-corrected chi connectivity index (χ4v) is 2.50. The van der Waals surface area contributed by atoms with Gasteiger partial charge in [-0.05, 0) is 49.2 Å². The van der Waals surface area contributed by atoms with Crippen molar-refractivity contribution in [2.45, 2.75) is 13.8 Å². The molecule has 3 heteroatoms. The number of aryl methyl sites for hydroxylation is 2. The Morgan fingerprint density at radius 3 is 2.04 bits per heavy atom. The highest BCUT2D eigenvalue weighted by Gasteiger charge is 2.05. The number of carbonyl (C=O) groups excluding carboxylic acids is 1. The summed E-state index contributed by atoms with van der Waals surface area (Å²) in [5.74, 6) is -0.473. The smallest absolute Gasteiger partial charge is 0.336 e. The molecule has 26 heavy (non-hydrogen) atoms. The van der Waals surface area contributed by atoms with Crippen molar-refractivity contribution in [1.29, 1.82) is 0 Å². The van der Waals surface area contributed by atoms with Gasteiger partial charge in [0, 0.05) is 11.6 Å². The van der Waals surface area contributed by atoms with Crippen LogP contribution in [0, 0.1) is 19.7 Å². The Morgan fingerprint density at radius 2 is 1.42 bits per heavy atom. The third-order valence-electron chi connectivity index (χ3n) is 4.02. The SMILES string of the molecule is Cc1ccc(OC(=O)/C=C/c2ccc(-c3ccc(C)cc3)cc2F)cc1. The largest absolute Gasteiger partial charge is 0.423 e. The molecule has 0 atom stereocenters. The van der Waals surface area contributed by atoms with Crippen molar-refractivity contribution in [3.8, 4) is 16.9 Å². The Balaban J connectivity index is 1.71. The topological polar surface area (TPSA) is 26.3 Å². The van der Waals surface area contributed by atoms with Crippen molar-refractivity contribution >= 4 is 12.0 Å². The number of hydrogen-bond acceptors (Lipinski definition) is 2. The molecule has 3 rings (SSSR count). The highest BCUT2D eigenvalue weighted by atomic mass is 19.1. The fraction of sp³-hybridized carbons (Fsp3) is 0.0870. The van der Waals surface area contributed by atoms with Gasteiger partial charge in [-0.3, -0.25) is 0 Å². The molecule has 0 fully saturated rings. The molecule has 0 saturated heterocycles. The molecule has 130 valence electrons. The third kappa shape index (κ3) is 4.45. The highest BCUT2D eigenvalue weighted by Crippen LogP contribution is 2.23. The summed E-state index contributed by atoms with van der Waals surface area (Å²) in [6, 6.07) is 20.0. The van der Waals surface area contributed by atoms with E-state index in [1.54, 1.807) is 18.2 Å². The summed E-state index contributed by atoms with van der Waals surface area (Å²) in [4.78, 5) is 11.9. The van der Waals surface area contributed by atoms with Crippen molar-refractivity contribution in [3.63, 3.8) is 0 Å². The van der Waals surface area contributed by atoms with Crippen molar-refractivity contribution in [1.82, 2.24) is 0 Å². The summed E-state index contributed by atoms with van der Waals surface area (Å²) in [6.45, 7) is 3.96. The van der Waals surface area contributed by atoms with Crippen LogP contribution in [0.15, 0.2) is 72.8 Å².